The molecule has 25 heavy (non-hydrogen) atoms. The number of para-hydroxylation sites is 1. The molecule has 1 fully saturated rings. The molecule has 0 aliphatic carbocycles. The molecule has 3 rings (SSSR count). The molecule has 2 amide bonds. The van der Waals surface area contributed by atoms with Crippen LogP contribution in [-0.2, 0) is 16.1 Å². The van der Waals surface area contributed by atoms with Crippen LogP contribution < -0.4 is 10.2 Å². The Hall–Kier alpha value is -2.83. The lowest BCUT2D eigenvalue weighted by Crippen LogP contribution is -2.41. The van der Waals surface area contributed by atoms with Crippen LogP contribution in [-0.4, -0.2) is 52.7 Å². The summed E-state index contributed by atoms with van der Waals surface area (Å²) in [5, 5.41) is 6.74. The zero-order valence-corrected chi connectivity index (χ0v) is 14.6. The molecule has 0 saturated carbocycles. The molecule has 7 heteroatoms. The van der Waals surface area contributed by atoms with Crippen molar-refractivity contribution in [3.05, 3.63) is 42.6 Å². The number of anilines is 2. The summed E-state index contributed by atoms with van der Waals surface area (Å²) in [5.41, 5.74) is 1.11. The highest BCUT2D eigenvalue weighted by Crippen LogP contribution is 2.21. The predicted octanol–water partition coefficient (Wildman–Crippen LogP) is 1.58. The molecule has 1 saturated heterocycles. The number of carbonyl (C=O) groups excluding carboxylic acids is 2. The lowest BCUT2D eigenvalue weighted by molar-refractivity contribution is -0.142. The van der Waals surface area contributed by atoms with Gasteiger partial charge in [0.15, 0.2) is 5.82 Å². The van der Waals surface area contributed by atoms with Gasteiger partial charge in [0.25, 0.3) is 0 Å². The molecule has 2 heterocycles. The van der Waals surface area contributed by atoms with Crippen LogP contribution in [0.5, 0.6) is 0 Å². The molecule has 0 bridgehead atoms. The van der Waals surface area contributed by atoms with Crippen LogP contribution >= 0.6 is 0 Å². The van der Waals surface area contributed by atoms with Gasteiger partial charge in [-0.1, -0.05) is 18.2 Å². The van der Waals surface area contributed by atoms with Gasteiger partial charge < -0.3 is 15.1 Å². The highest BCUT2D eigenvalue weighted by molar-refractivity contribution is 6.39. The van der Waals surface area contributed by atoms with Crippen molar-refractivity contribution in [1.29, 1.82) is 0 Å². The van der Waals surface area contributed by atoms with Crippen molar-refractivity contribution in [1.82, 2.24) is 14.7 Å². The summed E-state index contributed by atoms with van der Waals surface area (Å²) in [6, 6.07) is 11.9. The van der Waals surface area contributed by atoms with Crippen LogP contribution in [0.15, 0.2) is 42.6 Å². The second-order valence-corrected chi connectivity index (χ2v) is 6.15. The molecule has 7 nitrogen and oxygen atoms in total. The zero-order valence-electron chi connectivity index (χ0n) is 14.6. The number of aryl methyl sites for hydroxylation is 1. The molecule has 1 N–H and O–H groups in total. The highest BCUT2D eigenvalue weighted by Gasteiger charge is 2.32. The summed E-state index contributed by atoms with van der Waals surface area (Å²) in [6.07, 6.45) is 2.61. The van der Waals surface area contributed by atoms with E-state index in [-0.39, 0.29) is 6.04 Å². The third-order valence-corrected chi connectivity index (χ3v) is 4.56. The van der Waals surface area contributed by atoms with Crippen LogP contribution in [0.1, 0.15) is 13.3 Å². The summed E-state index contributed by atoms with van der Waals surface area (Å²) in [5.74, 6) is -0.739. The Morgan fingerprint density at radius 2 is 2.04 bits per heavy atom. The summed E-state index contributed by atoms with van der Waals surface area (Å²) >= 11 is 0. The smallest absolute Gasteiger partial charge is 0.315 e. The Balaban J connectivity index is 1.57. The van der Waals surface area contributed by atoms with E-state index < -0.39 is 11.8 Å². The van der Waals surface area contributed by atoms with Crippen LogP contribution in [0.2, 0.25) is 0 Å². The number of benzene rings is 1. The number of rotatable bonds is 4. The maximum absolute atomic E-state index is 12.4. The molecular formula is C18H23N5O2. The molecule has 1 aromatic heterocycles. The number of nitrogens with zero attached hydrogens (tertiary/aromatic N) is 4. The molecule has 1 aliphatic rings. The molecule has 0 spiro atoms. The summed E-state index contributed by atoms with van der Waals surface area (Å²) in [7, 11) is 2.02. The van der Waals surface area contributed by atoms with Gasteiger partial charge in [-0.05, 0) is 25.5 Å². The van der Waals surface area contributed by atoms with E-state index in [2.05, 4.69) is 15.3 Å². The van der Waals surface area contributed by atoms with E-state index in [1.54, 1.807) is 21.8 Å². The first kappa shape index (κ1) is 17.0. The van der Waals surface area contributed by atoms with Gasteiger partial charge in [-0.25, -0.2) is 0 Å². The number of carbonyl (C=O) groups is 2. The van der Waals surface area contributed by atoms with Crippen molar-refractivity contribution in [2.75, 3.05) is 30.4 Å². The number of aromatic nitrogens is 2. The van der Waals surface area contributed by atoms with E-state index in [1.165, 1.54) is 0 Å². The topological polar surface area (TPSA) is 70.5 Å². The van der Waals surface area contributed by atoms with Crippen molar-refractivity contribution < 1.29 is 9.59 Å². The van der Waals surface area contributed by atoms with E-state index in [0.717, 1.165) is 12.1 Å². The first-order valence-electron chi connectivity index (χ1n) is 8.50. The average Bonchev–Trinajstić information content (AvgIpc) is 3.30. The van der Waals surface area contributed by atoms with Crippen molar-refractivity contribution in [3.63, 3.8) is 0 Å². The van der Waals surface area contributed by atoms with Crippen LogP contribution in [0.3, 0.4) is 0 Å². The quantitative estimate of drug-likeness (QED) is 0.857. The molecule has 0 radical (unpaired) electrons. The SMILES string of the molecule is CCn1ccc(NC(=O)C(=O)N2CCC(N(C)c3ccccc3)C2)n1. The Morgan fingerprint density at radius 1 is 1.28 bits per heavy atom. The molecule has 1 aliphatic heterocycles. The monoisotopic (exact) mass is 341 g/mol. The number of likely N-dealkylation sites (N-methyl/N-ethyl adjacent to an activating group) is 1. The number of nitrogens with one attached hydrogen (secondary N) is 1. The molecule has 1 unspecified atom stereocenters. The second kappa shape index (κ2) is 7.38. The van der Waals surface area contributed by atoms with Gasteiger partial charge in [0.2, 0.25) is 0 Å². The van der Waals surface area contributed by atoms with Crippen molar-refractivity contribution in [2.24, 2.45) is 0 Å². The standard InChI is InChI=1S/C18H23N5O2/c1-3-23-12-10-16(20-23)19-17(24)18(25)22-11-9-15(13-22)21(2)14-7-5-4-6-8-14/h4-8,10,12,15H,3,9,11,13H2,1-2H3,(H,19,20,24). The van der Waals surface area contributed by atoms with Crippen LogP contribution in [0.4, 0.5) is 11.5 Å². The van der Waals surface area contributed by atoms with Gasteiger partial charge in [-0.2, -0.15) is 5.10 Å². The third kappa shape index (κ3) is 3.81. The fraction of sp³-hybridized carbons (Fsp3) is 0.389. The molecule has 2 aromatic rings. The number of hydrogen-bond donors (Lipinski definition) is 1. The number of likely N-dealkylation sites (tertiary alicyclic amines) is 1. The Bertz CT molecular complexity index is 743. The van der Waals surface area contributed by atoms with E-state index in [0.29, 0.717) is 25.5 Å². The summed E-state index contributed by atoms with van der Waals surface area (Å²) in [6.45, 7) is 3.79. The van der Waals surface area contributed by atoms with E-state index in [4.69, 9.17) is 0 Å². The first-order valence-corrected chi connectivity index (χ1v) is 8.50. The van der Waals surface area contributed by atoms with E-state index in [9.17, 15) is 9.59 Å². The Kier molecular flexibility index (Phi) is 5.02. The maximum atomic E-state index is 12.4. The minimum Gasteiger partial charge on any atom is -0.370 e. The summed E-state index contributed by atoms with van der Waals surface area (Å²) < 4.78 is 1.70. The number of hydrogen-bond acceptors (Lipinski definition) is 4. The van der Waals surface area contributed by atoms with Crippen LogP contribution in [0, 0.1) is 0 Å². The van der Waals surface area contributed by atoms with E-state index >= 15 is 0 Å². The van der Waals surface area contributed by atoms with Gasteiger partial charge in [0.1, 0.15) is 0 Å². The van der Waals surface area contributed by atoms with Crippen LogP contribution in [0.25, 0.3) is 0 Å². The average molecular weight is 341 g/mol. The normalized spacial score (nSPS) is 16.7. The van der Waals surface area contributed by atoms with E-state index in [1.807, 2.05) is 44.3 Å². The van der Waals surface area contributed by atoms with Gasteiger partial charge >= 0.3 is 11.8 Å². The summed E-state index contributed by atoms with van der Waals surface area (Å²) in [4.78, 5) is 28.3. The fourth-order valence-corrected chi connectivity index (χ4v) is 3.03. The lowest BCUT2D eigenvalue weighted by Gasteiger charge is -2.26. The number of amides is 2. The van der Waals surface area contributed by atoms with Gasteiger partial charge in [0.05, 0.1) is 0 Å². The van der Waals surface area contributed by atoms with Gasteiger partial charge in [0, 0.05) is 50.7 Å². The Labute approximate surface area is 147 Å². The largest absolute Gasteiger partial charge is 0.370 e. The third-order valence-electron chi connectivity index (χ3n) is 4.56. The first-order chi connectivity index (χ1) is 12.1. The lowest BCUT2D eigenvalue weighted by atomic mass is 10.2. The fourth-order valence-electron chi connectivity index (χ4n) is 3.03. The molecule has 1 aromatic carbocycles. The minimum absolute atomic E-state index is 0.207. The molecular weight excluding hydrogens is 318 g/mol. The Morgan fingerprint density at radius 3 is 2.72 bits per heavy atom. The van der Waals surface area contributed by atoms with Crippen molar-refractivity contribution in [3.8, 4) is 0 Å². The molecule has 1 atom stereocenters. The highest BCUT2D eigenvalue weighted by atomic mass is 16.2. The predicted molar refractivity (Wildman–Crippen MR) is 96.4 cm³/mol. The van der Waals surface area contributed by atoms with Crippen molar-refractivity contribution in [2.45, 2.75) is 25.9 Å². The minimum atomic E-state index is -0.635. The van der Waals surface area contributed by atoms with Gasteiger partial charge in [-0.3, -0.25) is 14.3 Å². The second-order valence-electron chi connectivity index (χ2n) is 6.15. The maximum Gasteiger partial charge on any atom is 0.315 e. The zero-order chi connectivity index (χ0) is 17.8. The molecule has 132 valence electrons. The van der Waals surface area contributed by atoms with Gasteiger partial charge in [-0.15, -0.1) is 0 Å². The van der Waals surface area contributed by atoms with Crippen molar-refractivity contribution >= 4 is 23.3 Å².